The third kappa shape index (κ3) is 3.12. The molecule has 0 aromatic rings. The summed E-state index contributed by atoms with van der Waals surface area (Å²) >= 11 is 0. The van der Waals surface area contributed by atoms with Crippen LogP contribution in [0.5, 0.6) is 0 Å². The fraction of sp³-hybridized carbons (Fsp3) is 1.00. The van der Waals surface area contributed by atoms with Crippen LogP contribution in [0.3, 0.4) is 0 Å². The number of hydrogen-bond acceptors (Lipinski definition) is 2. The van der Waals surface area contributed by atoms with E-state index in [1.165, 1.54) is 6.42 Å². The van der Waals surface area contributed by atoms with Gasteiger partial charge in [0.1, 0.15) is 0 Å². The summed E-state index contributed by atoms with van der Waals surface area (Å²) in [6.45, 7) is 15.4. The molecular weight excluding hydrogens is 228 g/mol. The highest BCUT2D eigenvalue weighted by molar-refractivity contribution is 6.74. The van der Waals surface area contributed by atoms with E-state index in [1.807, 2.05) is 6.92 Å². The molecule has 0 bridgehead atoms. The van der Waals surface area contributed by atoms with E-state index in [2.05, 4.69) is 40.8 Å². The molecule has 2 nitrogen and oxygen atoms in total. The molecular formula is C14H30O2Si. The highest BCUT2D eigenvalue weighted by atomic mass is 28.4. The first-order valence-electron chi connectivity index (χ1n) is 6.88. The van der Waals surface area contributed by atoms with Crippen molar-refractivity contribution < 1.29 is 9.53 Å². The van der Waals surface area contributed by atoms with Gasteiger partial charge < -0.3 is 9.53 Å². The van der Waals surface area contributed by atoms with Gasteiger partial charge in [0.2, 0.25) is 0 Å². The third-order valence-corrected chi connectivity index (χ3v) is 9.48. The van der Waals surface area contributed by atoms with Crippen LogP contribution in [0.4, 0.5) is 0 Å². The van der Waals surface area contributed by atoms with Crippen molar-refractivity contribution in [2.24, 2.45) is 5.92 Å². The number of aliphatic hydroxyl groups is 1. The largest absolute Gasteiger partial charge is 0.411 e. The Bertz CT molecular complexity index is 266. The molecule has 0 heterocycles. The maximum Gasteiger partial charge on any atom is 0.192 e. The van der Waals surface area contributed by atoms with E-state index in [0.717, 1.165) is 12.8 Å². The van der Waals surface area contributed by atoms with E-state index < -0.39 is 13.9 Å². The van der Waals surface area contributed by atoms with Gasteiger partial charge >= 0.3 is 0 Å². The molecule has 1 N–H and O–H groups in total. The van der Waals surface area contributed by atoms with Gasteiger partial charge in [-0.1, -0.05) is 34.1 Å². The Morgan fingerprint density at radius 3 is 2.24 bits per heavy atom. The van der Waals surface area contributed by atoms with Gasteiger partial charge in [0, 0.05) is 0 Å². The van der Waals surface area contributed by atoms with E-state index in [1.54, 1.807) is 0 Å². The minimum atomic E-state index is -1.77. The average molecular weight is 258 g/mol. The van der Waals surface area contributed by atoms with Crippen LogP contribution < -0.4 is 0 Å². The van der Waals surface area contributed by atoms with Crippen LogP contribution >= 0.6 is 0 Å². The molecule has 0 aromatic heterocycles. The van der Waals surface area contributed by atoms with Crippen molar-refractivity contribution in [1.29, 1.82) is 0 Å². The highest BCUT2D eigenvalue weighted by Crippen LogP contribution is 2.42. The maximum absolute atomic E-state index is 10.6. The van der Waals surface area contributed by atoms with Gasteiger partial charge in [-0.25, -0.2) is 0 Å². The van der Waals surface area contributed by atoms with E-state index in [9.17, 15) is 5.11 Å². The molecule has 102 valence electrons. The van der Waals surface area contributed by atoms with Crippen molar-refractivity contribution in [1.82, 2.24) is 0 Å². The van der Waals surface area contributed by atoms with E-state index in [0.29, 0.717) is 5.92 Å². The minimum Gasteiger partial charge on any atom is -0.411 e. The quantitative estimate of drug-likeness (QED) is 0.760. The SMILES string of the molecule is CC1CCCC(O[Si](C)(C)C(C)(C)C)C1(C)O. The van der Waals surface area contributed by atoms with Gasteiger partial charge in [-0.05, 0) is 43.8 Å². The van der Waals surface area contributed by atoms with Crippen molar-refractivity contribution >= 4 is 8.32 Å². The fourth-order valence-corrected chi connectivity index (χ4v) is 3.64. The third-order valence-electron chi connectivity index (χ3n) is 5.00. The predicted octanol–water partition coefficient (Wildman–Crippen LogP) is 3.95. The van der Waals surface area contributed by atoms with Gasteiger partial charge in [0.15, 0.2) is 8.32 Å². The lowest BCUT2D eigenvalue weighted by Gasteiger charge is -2.48. The van der Waals surface area contributed by atoms with Crippen LogP contribution in [-0.4, -0.2) is 25.1 Å². The van der Waals surface area contributed by atoms with Crippen LogP contribution in [0.2, 0.25) is 18.1 Å². The normalized spacial score (nSPS) is 36.0. The molecule has 1 saturated carbocycles. The summed E-state index contributed by atoms with van der Waals surface area (Å²) in [6, 6.07) is 0. The molecule has 0 saturated heterocycles. The van der Waals surface area contributed by atoms with Crippen LogP contribution in [0, 0.1) is 5.92 Å². The van der Waals surface area contributed by atoms with Crippen molar-refractivity contribution in [3.05, 3.63) is 0 Å². The average Bonchev–Trinajstić information content (AvgIpc) is 2.11. The van der Waals surface area contributed by atoms with Crippen molar-refractivity contribution in [3.8, 4) is 0 Å². The molecule has 1 aliphatic carbocycles. The summed E-state index contributed by atoms with van der Waals surface area (Å²) in [6.07, 6.45) is 3.32. The van der Waals surface area contributed by atoms with Crippen LogP contribution in [0.1, 0.15) is 53.9 Å². The molecule has 0 radical (unpaired) electrons. The van der Waals surface area contributed by atoms with Gasteiger partial charge in [-0.2, -0.15) is 0 Å². The van der Waals surface area contributed by atoms with Crippen LogP contribution in [-0.2, 0) is 4.43 Å². The first-order chi connectivity index (χ1) is 7.48. The van der Waals surface area contributed by atoms with Crippen molar-refractivity contribution in [2.45, 2.75) is 83.7 Å². The number of hydrogen-bond donors (Lipinski definition) is 1. The summed E-state index contributed by atoms with van der Waals surface area (Å²) in [7, 11) is -1.77. The molecule has 3 heteroatoms. The lowest BCUT2D eigenvalue weighted by atomic mass is 9.76. The molecule has 1 aliphatic rings. The summed E-state index contributed by atoms with van der Waals surface area (Å²) in [5.41, 5.74) is -0.659. The topological polar surface area (TPSA) is 29.5 Å². The Labute approximate surface area is 108 Å². The Morgan fingerprint density at radius 1 is 1.24 bits per heavy atom. The summed E-state index contributed by atoms with van der Waals surface area (Å²) in [4.78, 5) is 0. The second kappa shape index (κ2) is 4.67. The molecule has 1 rings (SSSR count). The van der Waals surface area contributed by atoms with E-state index in [-0.39, 0.29) is 11.1 Å². The van der Waals surface area contributed by atoms with E-state index in [4.69, 9.17) is 4.43 Å². The molecule has 1 fully saturated rings. The molecule has 17 heavy (non-hydrogen) atoms. The summed E-state index contributed by atoms with van der Waals surface area (Å²) < 4.78 is 6.42. The van der Waals surface area contributed by atoms with Crippen molar-refractivity contribution in [2.75, 3.05) is 0 Å². The smallest absolute Gasteiger partial charge is 0.192 e. The molecule has 3 atom stereocenters. The molecule has 0 aromatic carbocycles. The molecule has 0 aliphatic heterocycles. The first kappa shape index (κ1) is 15.2. The zero-order valence-corrected chi connectivity index (χ0v) is 13.6. The summed E-state index contributed by atoms with van der Waals surface area (Å²) in [5.74, 6) is 0.339. The van der Waals surface area contributed by atoms with Crippen LogP contribution in [0.25, 0.3) is 0 Å². The van der Waals surface area contributed by atoms with Gasteiger partial charge in [0.25, 0.3) is 0 Å². The Morgan fingerprint density at radius 2 is 1.76 bits per heavy atom. The zero-order valence-electron chi connectivity index (χ0n) is 12.6. The second-order valence-corrected chi connectivity index (χ2v) is 12.2. The summed E-state index contributed by atoms with van der Waals surface area (Å²) in [5, 5.41) is 10.8. The lowest BCUT2D eigenvalue weighted by Crippen LogP contribution is -2.55. The fourth-order valence-electron chi connectivity index (χ4n) is 2.22. The second-order valence-electron chi connectivity index (χ2n) is 7.42. The number of rotatable bonds is 2. The maximum atomic E-state index is 10.6. The minimum absolute atomic E-state index is 0.0205. The zero-order chi connectivity index (χ0) is 13.5. The Kier molecular flexibility index (Phi) is 4.17. The highest BCUT2D eigenvalue weighted by Gasteiger charge is 2.46. The van der Waals surface area contributed by atoms with Crippen LogP contribution in [0.15, 0.2) is 0 Å². The molecule has 0 spiro atoms. The van der Waals surface area contributed by atoms with E-state index >= 15 is 0 Å². The van der Waals surface area contributed by atoms with Gasteiger partial charge in [0.05, 0.1) is 11.7 Å². The standard InChI is InChI=1S/C14H30O2Si/c1-11-9-8-10-12(14(11,5)15)16-17(6,7)13(2,3)4/h11-12,15H,8-10H2,1-7H3. The molecule has 0 amide bonds. The van der Waals surface area contributed by atoms with Crippen molar-refractivity contribution in [3.63, 3.8) is 0 Å². The van der Waals surface area contributed by atoms with Gasteiger partial charge in [-0.3, -0.25) is 0 Å². The molecule has 3 unspecified atom stereocenters. The Hall–Kier alpha value is 0.137. The lowest BCUT2D eigenvalue weighted by molar-refractivity contribution is -0.112. The first-order valence-corrected chi connectivity index (χ1v) is 9.79. The predicted molar refractivity (Wildman–Crippen MR) is 75.7 cm³/mol. The Balaban J connectivity index is 2.81. The monoisotopic (exact) mass is 258 g/mol. The van der Waals surface area contributed by atoms with Gasteiger partial charge in [-0.15, -0.1) is 0 Å².